The second-order valence-corrected chi connectivity index (χ2v) is 4.55. The van der Waals surface area contributed by atoms with Crippen LogP contribution in [0.1, 0.15) is 5.56 Å². The van der Waals surface area contributed by atoms with Gasteiger partial charge in [-0.2, -0.15) is 10.2 Å². The molecule has 0 unspecified atom stereocenters. The summed E-state index contributed by atoms with van der Waals surface area (Å²) in [6.45, 7) is 0. The van der Waals surface area contributed by atoms with Gasteiger partial charge in [0.2, 0.25) is 5.95 Å². The van der Waals surface area contributed by atoms with Crippen molar-refractivity contribution in [3.05, 3.63) is 42.0 Å². The quantitative estimate of drug-likeness (QED) is 0.625. The molecule has 0 atom stereocenters. The van der Waals surface area contributed by atoms with Crippen molar-refractivity contribution >= 4 is 22.5 Å². The predicted octanol–water partition coefficient (Wildman–Crippen LogP) is 2.04. The van der Waals surface area contributed by atoms with Gasteiger partial charge in [0, 0.05) is 5.56 Å². The van der Waals surface area contributed by atoms with Gasteiger partial charge in [0.1, 0.15) is 23.2 Å². The van der Waals surface area contributed by atoms with Gasteiger partial charge in [0.15, 0.2) is 0 Å². The molecule has 6 heteroatoms. The number of anilines is 2. The number of phenols is 1. The summed E-state index contributed by atoms with van der Waals surface area (Å²) in [6.07, 6.45) is 0. The van der Waals surface area contributed by atoms with Crippen LogP contribution < -0.4 is 11.5 Å². The molecule has 1 aromatic heterocycles. The Kier molecular flexibility index (Phi) is 2.81. The predicted molar refractivity (Wildman–Crippen MR) is 80.2 cm³/mol. The third-order valence-electron chi connectivity index (χ3n) is 3.16. The molecular weight excluding hydrogens is 266 g/mol. The maximum absolute atomic E-state index is 9.47. The summed E-state index contributed by atoms with van der Waals surface area (Å²) in [5.74, 6) is 0.279. The highest BCUT2D eigenvalue weighted by atomic mass is 16.3. The Morgan fingerprint density at radius 2 is 1.71 bits per heavy atom. The molecule has 0 spiro atoms. The first-order valence-corrected chi connectivity index (χ1v) is 6.15. The van der Waals surface area contributed by atoms with Gasteiger partial charge >= 0.3 is 0 Å². The summed E-state index contributed by atoms with van der Waals surface area (Å²) in [5.41, 5.74) is 12.6. The summed E-state index contributed by atoms with van der Waals surface area (Å²) in [7, 11) is 0. The second kappa shape index (κ2) is 4.65. The monoisotopic (exact) mass is 277 g/mol. The van der Waals surface area contributed by atoms with E-state index in [0.717, 1.165) is 10.8 Å². The van der Waals surface area contributed by atoms with Crippen molar-refractivity contribution in [1.82, 2.24) is 9.97 Å². The van der Waals surface area contributed by atoms with Gasteiger partial charge < -0.3 is 16.6 Å². The Morgan fingerprint density at radius 1 is 1.00 bits per heavy atom. The first-order valence-electron chi connectivity index (χ1n) is 6.15. The summed E-state index contributed by atoms with van der Waals surface area (Å²) in [4.78, 5) is 7.91. The maximum atomic E-state index is 9.47. The van der Waals surface area contributed by atoms with Crippen LogP contribution in [-0.2, 0) is 0 Å². The molecule has 1 heterocycles. The van der Waals surface area contributed by atoms with Crippen LogP contribution in [0.3, 0.4) is 0 Å². The normalized spacial score (nSPS) is 10.4. The zero-order valence-electron chi connectivity index (χ0n) is 10.9. The highest BCUT2D eigenvalue weighted by molar-refractivity contribution is 5.89. The third kappa shape index (κ3) is 2.17. The molecule has 6 nitrogen and oxygen atoms in total. The van der Waals surface area contributed by atoms with E-state index in [1.54, 1.807) is 24.3 Å². The number of nitrogens with two attached hydrogens (primary N) is 2. The van der Waals surface area contributed by atoms with Crippen molar-refractivity contribution in [3.8, 4) is 23.1 Å². The van der Waals surface area contributed by atoms with Crippen molar-refractivity contribution in [2.75, 3.05) is 11.5 Å². The SMILES string of the molecule is N#Cc1c(N)nc(N)nc1-c1ccc2cc(O)ccc2c1. The molecule has 0 aliphatic carbocycles. The minimum absolute atomic E-state index is 0.0207. The molecule has 3 rings (SSSR count). The van der Waals surface area contributed by atoms with Crippen LogP contribution in [0.5, 0.6) is 5.75 Å². The largest absolute Gasteiger partial charge is 0.508 e. The van der Waals surface area contributed by atoms with Crippen LogP contribution in [-0.4, -0.2) is 15.1 Å². The van der Waals surface area contributed by atoms with E-state index in [1.165, 1.54) is 0 Å². The molecule has 3 aromatic rings. The Hall–Kier alpha value is -3.33. The molecule has 5 N–H and O–H groups in total. The smallest absolute Gasteiger partial charge is 0.222 e. The van der Waals surface area contributed by atoms with E-state index in [2.05, 4.69) is 9.97 Å². The van der Waals surface area contributed by atoms with Crippen molar-refractivity contribution in [3.63, 3.8) is 0 Å². The molecule has 0 fully saturated rings. The van der Waals surface area contributed by atoms with Gasteiger partial charge in [-0.25, -0.2) is 4.98 Å². The fourth-order valence-electron chi connectivity index (χ4n) is 2.20. The van der Waals surface area contributed by atoms with Crippen LogP contribution >= 0.6 is 0 Å². The van der Waals surface area contributed by atoms with Crippen LogP contribution in [0.4, 0.5) is 11.8 Å². The fourth-order valence-corrected chi connectivity index (χ4v) is 2.20. The number of nitriles is 1. The van der Waals surface area contributed by atoms with Crippen LogP contribution in [0.2, 0.25) is 0 Å². The lowest BCUT2D eigenvalue weighted by molar-refractivity contribution is 0.476. The van der Waals surface area contributed by atoms with E-state index in [4.69, 9.17) is 11.5 Å². The van der Waals surface area contributed by atoms with Crippen molar-refractivity contribution in [2.45, 2.75) is 0 Å². The van der Waals surface area contributed by atoms with E-state index in [9.17, 15) is 10.4 Å². The zero-order valence-corrected chi connectivity index (χ0v) is 10.9. The topological polar surface area (TPSA) is 122 Å². The molecule has 2 aromatic carbocycles. The number of nitrogens with zero attached hydrogens (tertiary/aromatic N) is 3. The fraction of sp³-hybridized carbons (Fsp3) is 0. The average Bonchev–Trinajstić information content (AvgIpc) is 2.46. The molecule has 0 bridgehead atoms. The maximum Gasteiger partial charge on any atom is 0.222 e. The van der Waals surface area contributed by atoms with Gasteiger partial charge in [-0.05, 0) is 29.0 Å². The molecule has 0 amide bonds. The molecule has 0 saturated heterocycles. The minimum atomic E-state index is 0.0207. The number of hydrogen-bond donors (Lipinski definition) is 3. The Morgan fingerprint density at radius 3 is 2.48 bits per heavy atom. The zero-order chi connectivity index (χ0) is 15.0. The third-order valence-corrected chi connectivity index (χ3v) is 3.16. The van der Waals surface area contributed by atoms with E-state index >= 15 is 0 Å². The number of fused-ring (bicyclic) bond motifs is 1. The van der Waals surface area contributed by atoms with Crippen LogP contribution in [0.15, 0.2) is 36.4 Å². The number of aromatic nitrogens is 2. The standard InChI is InChI=1S/C15H11N5O/c16-7-12-13(19-15(18)20-14(12)17)10-2-1-9-6-11(21)4-3-8(9)5-10/h1-6,21H,(H4,17,18,19,20). The van der Waals surface area contributed by atoms with Gasteiger partial charge in [-0.1, -0.05) is 18.2 Å². The number of benzene rings is 2. The highest BCUT2D eigenvalue weighted by Gasteiger charge is 2.13. The van der Waals surface area contributed by atoms with E-state index in [-0.39, 0.29) is 23.1 Å². The summed E-state index contributed by atoms with van der Waals surface area (Å²) >= 11 is 0. The number of phenolic OH excluding ortho intramolecular Hbond substituents is 1. The molecule has 0 radical (unpaired) electrons. The van der Waals surface area contributed by atoms with E-state index in [1.807, 2.05) is 18.2 Å². The van der Waals surface area contributed by atoms with Gasteiger partial charge in [-0.3, -0.25) is 0 Å². The lowest BCUT2D eigenvalue weighted by Gasteiger charge is -2.08. The lowest BCUT2D eigenvalue weighted by atomic mass is 10.0. The van der Waals surface area contributed by atoms with Gasteiger partial charge in [0.25, 0.3) is 0 Å². The van der Waals surface area contributed by atoms with Crippen molar-refractivity contribution < 1.29 is 5.11 Å². The molecule has 102 valence electrons. The molecular formula is C15H11N5O. The summed E-state index contributed by atoms with van der Waals surface area (Å²) in [5, 5.41) is 20.5. The molecule has 0 aliphatic heterocycles. The highest BCUT2D eigenvalue weighted by Crippen LogP contribution is 2.29. The summed E-state index contributed by atoms with van der Waals surface area (Å²) < 4.78 is 0. The average molecular weight is 277 g/mol. The first-order chi connectivity index (χ1) is 10.1. The molecule has 0 aliphatic rings. The Labute approximate surface area is 120 Å². The lowest BCUT2D eigenvalue weighted by Crippen LogP contribution is -2.04. The minimum Gasteiger partial charge on any atom is -0.508 e. The first kappa shape index (κ1) is 12.7. The summed E-state index contributed by atoms with van der Waals surface area (Å²) in [6, 6.07) is 12.5. The molecule has 21 heavy (non-hydrogen) atoms. The number of nitrogen functional groups attached to an aromatic ring is 2. The Bertz CT molecular complexity index is 898. The second-order valence-electron chi connectivity index (χ2n) is 4.55. The van der Waals surface area contributed by atoms with Gasteiger partial charge in [0.05, 0.1) is 5.69 Å². The van der Waals surface area contributed by atoms with Crippen molar-refractivity contribution in [1.29, 1.82) is 5.26 Å². The number of rotatable bonds is 1. The van der Waals surface area contributed by atoms with Crippen molar-refractivity contribution in [2.24, 2.45) is 0 Å². The van der Waals surface area contributed by atoms with Crippen LogP contribution in [0, 0.1) is 11.3 Å². The van der Waals surface area contributed by atoms with E-state index in [0.29, 0.717) is 11.3 Å². The van der Waals surface area contributed by atoms with Gasteiger partial charge in [-0.15, -0.1) is 0 Å². The van der Waals surface area contributed by atoms with Crippen LogP contribution in [0.25, 0.3) is 22.0 Å². The number of hydrogen-bond acceptors (Lipinski definition) is 6. The number of aromatic hydroxyl groups is 1. The Balaban J connectivity index is 2.26. The molecule has 0 saturated carbocycles. The van der Waals surface area contributed by atoms with E-state index < -0.39 is 0 Å².